The van der Waals surface area contributed by atoms with Crippen LogP contribution in [-0.2, 0) is 0 Å². The maximum atomic E-state index is 4.21. The predicted molar refractivity (Wildman–Crippen MR) is 78.5 cm³/mol. The Balaban J connectivity index is 2.00. The molecule has 3 rings (SSSR count). The van der Waals surface area contributed by atoms with Crippen LogP contribution >= 0.6 is 0 Å². The lowest BCUT2D eigenvalue weighted by Gasteiger charge is -2.04. The van der Waals surface area contributed by atoms with Crippen LogP contribution in [0.25, 0.3) is 16.8 Å². The number of hydrogen-bond acceptors (Lipinski definition) is 1. The minimum atomic E-state index is 1.18. The lowest BCUT2D eigenvalue weighted by molar-refractivity contribution is 1.08. The van der Waals surface area contributed by atoms with Gasteiger partial charge in [0.2, 0.25) is 0 Å². The molecule has 2 heteroatoms. The first-order valence-electron chi connectivity index (χ1n) is 6.40. The zero-order valence-electron chi connectivity index (χ0n) is 11.2. The van der Waals surface area contributed by atoms with E-state index < -0.39 is 0 Å². The average Bonchev–Trinajstić information content (AvgIpc) is 2.89. The topological polar surface area (TPSA) is 17.8 Å². The summed E-state index contributed by atoms with van der Waals surface area (Å²) in [6.45, 7) is 4.21. The van der Waals surface area contributed by atoms with E-state index in [0.717, 1.165) is 0 Å². The van der Waals surface area contributed by atoms with Crippen LogP contribution in [0.3, 0.4) is 0 Å². The lowest BCUT2D eigenvalue weighted by Crippen LogP contribution is -1.89. The summed E-state index contributed by atoms with van der Waals surface area (Å²) in [7, 11) is 0. The molecule has 0 unspecified atom stereocenters. The fraction of sp³-hybridized carbons (Fsp3) is 0.118. The van der Waals surface area contributed by atoms with Gasteiger partial charge >= 0.3 is 0 Å². The molecule has 0 aliphatic carbocycles. The molecule has 0 aliphatic rings. The maximum Gasteiger partial charge on any atom is 0.0449 e. The van der Waals surface area contributed by atoms with Crippen molar-refractivity contribution in [2.75, 3.05) is 0 Å². The van der Waals surface area contributed by atoms with Crippen molar-refractivity contribution >= 4 is 0 Å². The zero-order chi connectivity index (χ0) is 13.2. The van der Waals surface area contributed by atoms with E-state index in [1.54, 1.807) is 0 Å². The molecule has 19 heavy (non-hydrogen) atoms. The van der Waals surface area contributed by atoms with E-state index in [0.29, 0.717) is 0 Å². The van der Waals surface area contributed by atoms with Gasteiger partial charge in [0.1, 0.15) is 0 Å². The monoisotopic (exact) mass is 248 g/mol. The van der Waals surface area contributed by atoms with Crippen LogP contribution in [0.2, 0.25) is 0 Å². The summed E-state index contributed by atoms with van der Waals surface area (Å²) < 4.78 is 2.14. The summed E-state index contributed by atoms with van der Waals surface area (Å²) in [5.41, 5.74) is 6.09. The van der Waals surface area contributed by atoms with E-state index in [4.69, 9.17) is 0 Å². The van der Waals surface area contributed by atoms with Crippen molar-refractivity contribution in [1.29, 1.82) is 0 Å². The van der Waals surface area contributed by atoms with E-state index in [-0.39, 0.29) is 0 Å². The van der Waals surface area contributed by atoms with Gasteiger partial charge in [0.15, 0.2) is 0 Å². The van der Waals surface area contributed by atoms with Crippen LogP contribution in [0.4, 0.5) is 0 Å². The van der Waals surface area contributed by atoms with E-state index in [2.05, 4.69) is 66.1 Å². The van der Waals surface area contributed by atoms with Gasteiger partial charge in [-0.1, -0.05) is 17.7 Å². The second-order valence-electron chi connectivity index (χ2n) is 4.83. The molecular weight excluding hydrogens is 232 g/mol. The Bertz CT molecular complexity index is 693. The molecule has 2 nitrogen and oxygen atoms in total. The predicted octanol–water partition coefficient (Wildman–Crippen LogP) is 4.16. The molecule has 0 radical (unpaired) electrons. The maximum absolute atomic E-state index is 4.21. The van der Waals surface area contributed by atoms with Crippen LogP contribution < -0.4 is 0 Å². The Morgan fingerprint density at radius 1 is 0.947 bits per heavy atom. The van der Waals surface area contributed by atoms with Gasteiger partial charge in [0.05, 0.1) is 0 Å². The van der Waals surface area contributed by atoms with Gasteiger partial charge in [-0.25, -0.2) is 0 Å². The summed E-state index contributed by atoms with van der Waals surface area (Å²) in [6.07, 6.45) is 7.99. The number of benzene rings is 1. The number of aryl methyl sites for hydroxylation is 2. The SMILES string of the molecule is Cc1ccc(-n2ccc(-c3cnccc3C)c2)cc1. The first-order valence-corrected chi connectivity index (χ1v) is 6.40. The third kappa shape index (κ3) is 2.29. The van der Waals surface area contributed by atoms with Crippen LogP contribution in [0.15, 0.2) is 61.2 Å². The number of hydrogen-bond donors (Lipinski definition) is 0. The summed E-state index contributed by atoms with van der Waals surface area (Å²) in [6, 6.07) is 12.7. The molecule has 0 fully saturated rings. The van der Waals surface area contributed by atoms with Crippen molar-refractivity contribution in [2.24, 2.45) is 0 Å². The standard InChI is InChI=1S/C17H16N2/c1-13-3-5-16(6-4-13)19-10-8-15(12-19)17-11-18-9-7-14(17)2/h3-12H,1-2H3. The summed E-state index contributed by atoms with van der Waals surface area (Å²) >= 11 is 0. The number of nitrogens with zero attached hydrogens (tertiary/aromatic N) is 2. The second-order valence-corrected chi connectivity index (χ2v) is 4.83. The normalized spacial score (nSPS) is 10.6. The van der Waals surface area contributed by atoms with Gasteiger partial charge in [0.25, 0.3) is 0 Å². The van der Waals surface area contributed by atoms with Crippen LogP contribution in [-0.4, -0.2) is 9.55 Å². The molecule has 94 valence electrons. The number of rotatable bonds is 2. The van der Waals surface area contributed by atoms with E-state index in [1.165, 1.54) is 27.9 Å². The molecule has 0 spiro atoms. The quantitative estimate of drug-likeness (QED) is 0.666. The van der Waals surface area contributed by atoms with Gasteiger partial charge in [-0.05, 0) is 43.7 Å². The van der Waals surface area contributed by atoms with Gasteiger partial charge in [-0.15, -0.1) is 0 Å². The largest absolute Gasteiger partial charge is 0.323 e. The Morgan fingerprint density at radius 2 is 1.74 bits per heavy atom. The van der Waals surface area contributed by atoms with Crippen molar-refractivity contribution in [3.05, 3.63) is 72.3 Å². The van der Waals surface area contributed by atoms with Crippen LogP contribution in [0, 0.1) is 13.8 Å². The fourth-order valence-corrected chi connectivity index (χ4v) is 2.20. The molecule has 1 aromatic carbocycles. The summed E-state index contributed by atoms with van der Waals surface area (Å²) in [5, 5.41) is 0. The first kappa shape index (κ1) is 11.7. The first-order chi connectivity index (χ1) is 9.24. The second kappa shape index (κ2) is 4.73. The Labute approximate surface area is 113 Å². The number of aromatic nitrogens is 2. The molecular formula is C17H16N2. The van der Waals surface area contributed by atoms with Crippen molar-refractivity contribution in [1.82, 2.24) is 9.55 Å². The van der Waals surface area contributed by atoms with Gasteiger partial charge < -0.3 is 4.57 Å². The van der Waals surface area contributed by atoms with Gasteiger partial charge in [-0.2, -0.15) is 0 Å². The number of pyridine rings is 1. The Kier molecular flexibility index (Phi) is 2.92. The van der Waals surface area contributed by atoms with Crippen molar-refractivity contribution in [3.63, 3.8) is 0 Å². The highest BCUT2D eigenvalue weighted by molar-refractivity contribution is 5.66. The van der Waals surface area contributed by atoms with E-state index in [1.807, 2.05) is 18.5 Å². The lowest BCUT2D eigenvalue weighted by atomic mass is 10.1. The van der Waals surface area contributed by atoms with E-state index >= 15 is 0 Å². The van der Waals surface area contributed by atoms with Crippen LogP contribution in [0.1, 0.15) is 11.1 Å². The van der Waals surface area contributed by atoms with E-state index in [9.17, 15) is 0 Å². The average molecular weight is 248 g/mol. The molecule has 0 atom stereocenters. The molecule has 0 N–H and O–H groups in total. The molecule has 0 amide bonds. The van der Waals surface area contributed by atoms with Gasteiger partial charge in [0, 0.05) is 41.6 Å². The van der Waals surface area contributed by atoms with Crippen molar-refractivity contribution in [3.8, 4) is 16.8 Å². The van der Waals surface area contributed by atoms with Crippen molar-refractivity contribution < 1.29 is 0 Å². The molecule has 0 saturated carbocycles. The highest BCUT2D eigenvalue weighted by Crippen LogP contribution is 2.24. The minimum absolute atomic E-state index is 1.18. The molecule has 0 saturated heterocycles. The summed E-state index contributed by atoms with van der Waals surface area (Å²) in [4.78, 5) is 4.21. The molecule has 0 aliphatic heterocycles. The fourth-order valence-electron chi connectivity index (χ4n) is 2.20. The Hall–Kier alpha value is -2.35. The zero-order valence-corrected chi connectivity index (χ0v) is 11.2. The van der Waals surface area contributed by atoms with Gasteiger partial charge in [-0.3, -0.25) is 4.98 Å². The third-order valence-corrected chi connectivity index (χ3v) is 3.38. The molecule has 2 heterocycles. The van der Waals surface area contributed by atoms with Crippen molar-refractivity contribution in [2.45, 2.75) is 13.8 Å². The van der Waals surface area contributed by atoms with Crippen LogP contribution in [0.5, 0.6) is 0 Å². The molecule has 2 aromatic heterocycles. The highest BCUT2D eigenvalue weighted by Gasteiger charge is 2.04. The molecule has 3 aromatic rings. The molecule has 0 bridgehead atoms. The smallest absolute Gasteiger partial charge is 0.0449 e. The third-order valence-electron chi connectivity index (χ3n) is 3.38. The minimum Gasteiger partial charge on any atom is -0.323 e. The highest BCUT2D eigenvalue weighted by atomic mass is 14.9. The summed E-state index contributed by atoms with van der Waals surface area (Å²) in [5.74, 6) is 0. The Morgan fingerprint density at radius 3 is 2.47 bits per heavy atom.